The summed E-state index contributed by atoms with van der Waals surface area (Å²) in [6.07, 6.45) is 0. The molecule has 0 saturated heterocycles. The molecule has 0 aromatic heterocycles. The molecule has 0 bridgehead atoms. The molecule has 0 aliphatic carbocycles. The number of hydrogen-bond donors (Lipinski definition) is 2. The molecule has 2 N–H and O–H groups in total. The summed E-state index contributed by atoms with van der Waals surface area (Å²) in [5.74, 6) is -0.0401. The first-order valence-corrected chi connectivity index (χ1v) is 6.84. The third-order valence-electron chi connectivity index (χ3n) is 3.61. The molecular weight excluding hydrogens is 262 g/mol. The van der Waals surface area contributed by atoms with Gasteiger partial charge in [0.25, 0.3) is 0 Å². The predicted molar refractivity (Wildman–Crippen MR) is 78.3 cm³/mol. The van der Waals surface area contributed by atoms with Crippen molar-refractivity contribution in [2.75, 3.05) is 6.61 Å². The Balaban J connectivity index is 2.85. The van der Waals surface area contributed by atoms with Gasteiger partial charge in [-0.25, -0.2) is 0 Å². The lowest BCUT2D eigenvalue weighted by Gasteiger charge is -2.28. The van der Waals surface area contributed by atoms with E-state index in [9.17, 15) is 4.79 Å². The average molecular weight is 284 g/mol. The van der Waals surface area contributed by atoms with Gasteiger partial charge in [0.2, 0.25) is 5.91 Å². The van der Waals surface area contributed by atoms with Crippen LogP contribution in [0.3, 0.4) is 0 Å². The van der Waals surface area contributed by atoms with Crippen molar-refractivity contribution >= 4 is 17.5 Å². The number of amides is 1. The zero-order valence-electron chi connectivity index (χ0n) is 11.9. The first-order valence-electron chi connectivity index (χ1n) is 6.47. The summed E-state index contributed by atoms with van der Waals surface area (Å²) in [5, 5.41) is 12.7. The molecule has 1 amide bonds. The SMILES string of the molecule is CC(CO)C(C)NC(=O)C(C)(C)c1cccc(Cl)c1. The molecule has 0 spiro atoms. The molecule has 0 aliphatic heterocycles. The normalized spacial score (nSPS) is 14.8. The Morgan fingerprint density at radius 1 is 1.42 bits per heavy atom. The second-order valence-electron chi connectivity index (χ2n) is 5.56. The number of rotatable bonds is 5. The van der Waals surface area contributed by atoms with Crippen molar-refractivity contribution in [1.29, 1.82) is 0 Å². The lowest BCUT2D eigenvalue weighted by molar-refractivity contribution is -0.126. The van der Waals surface area contributed by atoms with Crippen LogP contribution in [0.5, 0.6) is 0 Å². The number of aliphatic hydroxyl groups is 1. The summed E-state index contributed by atoms with van der Waals surface area (Å²) in [7, 11) is 0. The molecule has 106 valence electrons. The van der Waals surface area contributed by atoms with Crippen LogP contribution < -0.4 is 5.32 Å². The number of benzene rings is 1. The summed E-state index contributed by atoms with van der Waals surface area (Å²) in [6, 6.07) is 7.26. The summed E-state index contributed by atoms with van der Waals surface area (Å²) >= 11 is 5.97. The Hall–Kier alpha value is -1.06. The maximum absolute atomic E-state index is 12.4. The Kier molecular flexibility index (Phi) is 5.39. The number of nitrogens with one attached hydrogen (secondary N) is 1. The number of hydrogen-bond acceptors (Lipinski definition) is 2. The van der Waals surface area contributed by atoms with E-state index in [-0.39, 0.29) is 24.5 Å². The highest BCUT2D eigenvalue weighted by molar-refractivity contribution is 6.30. The molecule has 0 aliphatic rings. The quantitative estimate of drug-likeness (QED) is 0.873. The maximum Gasteiger partial charge on any atom is 0.230 e. The first kappa shape index (κ1) is 16.0. The van der Waals surface area contributed by atoms with Crippen molar-refractivity contribution in [1.82, 2.24) is 5.32 Å². The van der Waals surface area contributed by atoms with Crippen molar-refractivity contribution in [2.24, 2.45) is 5.92 Å². The monoisotopic (exact) mass is 283 g/mol. The van der Waals surface area contributed by atoms with E-state index in [4.69, 9.17) is 16.7 Å². The number of aliphatic hydroxyl groups excluding tert-OH is 1. The topological polar surface area (TPSA) is 49.3 Å². The lowest BCUT2D eigenvalue weighted by Crippen LogP contribution is -2.46. The molecule has 19 heavy (non-hydrogen) atoms. The van der Waals surface area contributed by atoms with Crippen molar-refractivity contribution in [3.63, 3.8) is 0 Å². The van der Waals surface area contributed by atoms with Crippen LogP contribution in [0.15, 0.2) is 24.3 Å². The number of carbonyl (C=O) groups excluding carboxylic acids is 1. The smallest absolute Gasteiger partial charge is 0.230 e. The van der Waals surface area contributed by atoms with Crippen LogP contribution in [-0.4, -0.2) is 23.7 Å². The first-order chi connectivity index (χ1) is 8.78. The van der Waals surface area contributed by atoms with Crippen LogP contribution in [-0.2, 0) is 10.2 Å². The van der Waals surface area contributed by atoms with E-state index in [1.165, 1.54) is 0 Å². The molecule has 0 radical (unpaired) electrons. The van der Waals surface area contributed by atoms with Crippen LogP contribution in [0.4, 0.5) is 0 Å². The highest BCUT2D eigenvalue weighted by Crippen LogP contribution is 2.26. The van der Waals surface area contributed by atoms with E-state index in [0.717, 1.165) is 5.56 Å². The molecule has 1 rings (SSSR count). The Labute approximate surface area is 120 Å². The highest BCUT2D eigenvalue weighted by Gasteiger charge is 2.31. The fourth-order valence-corrected chi connectivity index (χ4v) is 1.89. The summed E-state index contributed by atoms with van der Waals surface area (Å²) in [4.78, 5) is 12.4. The van der Waals surface area contributed by atoms with Gasteiger partial charge in [-0.3, -0.25) is 4.79 Å². The van der Waals surface area contributed by atoms with Crippen LogP contribution >= 0.6 is 11.6 Å². The zero-order chi connectivity index (χ0) is 14.6. The van der Waals surface area contributed by atoms with E-state index < -0.39 is 5.41 Å². The lowest BCUT2D eigenvalue weighted by atomic mass is 9.83. The molecular formula is C15H22ClNO2. The average Bonchev–Trinajstić information content (AvgIpc) is 2.37. The van der Waals surface area contributed by atoms with E-state index in [1.54, 1.807) is 12.1 Å². The van der Waals surface area contributed by atoms with Crippen molar-refractivity contribution < 1.29 is 9.90 Å². The molecule has 4 heteroatoms. The van der Waals surface area contributed by atoms with Gasteiger partial charge in [-0.1, -0.05) is 30.7 Å². The minimum absolute atomic E-state index is 0.0270. The van der Waals surface area contributed by atoms with E-state index >= 15 is 0 Å². The number of carbonyl (C=O) groups is 1. The fraction of sp³-hybridized carbons (Fsp3) is 0.533. The molecule has 0 fully saturated rings. The van der Waals surface area contributed by atoms with Gasteiger partial charge in [0.05, 0.1) is 5.41 Å². The van der Waals surface area contributed by atoms with E-state index in [1.807, 2.05) is 39.8 Å². The zero-order valence-corrected chi connectivity index (χ0v) is 12.7. The molecule has 1 aromatic carbocycles. The van der Waals surface area contributed by atoms with Crippen LogP contribution in [0, 0.1) is 5.92 Å². The third kappa shape index (κ3) is 3.95. The number of halogens is 1. The van der Waals surface area contributed by atoms with Crippen molar-refractivity contribution in [3.05, 3.63) is 34.9 Å². The second-order valence-corrected chi connectivity index (χ2v) is 5.99. The van der Waals surface area contributed by atoms with E-state index in [0.29, 0.717) is 5.02 Å². The minimum atomic E-state index is -0.658. The minimum Gasteiger partial charge on any atom is -0.396 e. The Morgan fingerprint density at radius 3 is 2.58 bits per heavy atom. The van der Waals surface area contributed by atoms with Gasteiger partial charge in [0, 0.05) is 17.7 Å². The van der Waals surface area contributed by atoms with Crippen molar-refractivity contribution in [2.45, 2.75) is 39.2 Å². The van der Waals surface area contributed by atoms with Gasteiger partial charge in [-0.05, 0) is 44.4 Å². The standard InChI is InChI=1S/C15H22ClNO2/c1-10(9-18)11(2)17-14(19)15(3,4)12-6-5-7-13(16)8-12/h5-8,10-11,18H,9H2,1-4H3,(H,17,19). The largest absolute Gasteiger partial charge is 0.396 e. The van der Waals surface area contributed by atoms with Gasteiger partial charge in [0.1, 0.15) is 0 Å². The third-order valence-corrected chi connectivity index (χ3v) is 3.85. The van der Waals surface area contributed by atoms with Gasteiger partial charge in [-0.15, -0.1) is 0 Å². The molecule has 0 heterocycles. The van der Waals surface area contributed by atoms with Crippen LogP contribution in [0.1, 0.15) is 33.3 Å². The summed E-state index contributed by atoms with van der Waals surface area (Å²) in [5.41, 5.74) is 0.218. The maximum atomic E-state index is 12.4. The molecule has 3 nitrogen and oxygen atoms in total. The summed E-state index contributed by atoms with van der Waals surface area (Å²) in [6.45, 7) is 7.58. The molecule has 1 aromatic rings. The van der Waals surface area contributed by atoms with Gasteiger partial charge >= 0.3 is 0 Å². The van der Waals surface area contributed by atoms with Gasteiger partial charge in [0.15, 0.2) is 0 Å². The van der Waals surface area contributed by atoms with Crippen LogP contribution in [0.2, 0.25) is 5.02 Å². The van der Waals surface area contributed by atoms with E-state index in [2.05, 4.69) is 5.32 Å². The molecule has 0 saturated carbocycles. The Morgan fingerprint density at radius 2 is 2.05 bits per heavy atom. The van der Waals surface area contributed by atoms with Crippen molar-refractivity contribution in [3.8, 4) is 0 Å². The fourth-order valence-electron chi connectivity index (χ4n) is 1.70. The van der Waals surface area contributed by atoms with Crippen LogP contribution in [0.25, 0.3) is 0 Å². The highest BCUT2D eigenvalue weighted by atomic mass is 35.5. The summed E-state index contributed by atoms with van der Waals surface area (Å²) < 4.78 is 0. The predicted octanol–water partition coefficient (Wildman–Crippen LogP) is 2.75. The Bertz CT molecular complexity index is 446. The van der Waals surface area contributed by atoms with Gasteiger partial charge in [-0.2, -0.15) is 0 Å². The second kappa shape index (κ2) is 6.40. The molecule has 2 unspecified atom stereocenters. The van der Waals surface area contributed by atoms with Gasteiger partial charge < -0.3 is 10.4 Å². The molecule has 2 atom stereocenters.